The number of pyridine rings is 1. The van der Waals surface area contributed by atoms with E-state index in [4.69, 9.17) is 4.74 Å². The summed E-state index contributed by atoms with van der Waals surface area (Å²) in [6.45, 7) is 2.12. The maximum atomic E-state index is 12.1. The lowest BCUT2D eigenvalue weighted by Gasteiger charge is -2.12. The SMILES string of the molecule is CCS(=O)(=O)c1ccc(Oc2cc3nc(-c4ccccn4)[nH]c3cc2Cn2cccn2)cc1. The first-order valence-corrected chi connectivity index (χ1v) is 12.1. The van der Waals surface area contributed by atoms with Gasteiger partial charge in [0.05, 0.1) is 28.2 Å². The van der Waals surface area contributed by atoms with Crippen molar-refractivity contribution in [1.29, 1.82) is 0 Å². The van der Waals surface area contributed by atoms with Crippen LogP contribution in [-0.2, 0) is 16.4 Å². The van der Waals surface area contributed by atoms with Crippen LogP contribution in [0, 0.1) is 0 Å². The van der Waals surface area contributed by atoms with Crippen molar-refractivity contribution in [1.82, 2.24) is 24.7 Å². The number of aromatic nitrogens is 5. The summed E-state index contributed by atoms with van der Waals surface area (Å²) in [6, 6.07) is 17.8. The molecule has 0 amide bonds. The van der Waals surface area contributed by atoms with Gasteiger partial charge >= 0.3 is 0 Å². The number of benzene rings is 2. The zero-order chi connectivity index (χ0) is 22.8. The third-order valence-corrected chi connectivity index (χ3v) is 7.00. The topological polar surface area (TPSA) is 103 Å². The van der Waals surface area contributed by atoms with Crippen molar-refractivity contribution in [2.24, 2.45) is 0 Å². The fraction of sp³-hybridized carbons (Fsp3) is 0.125. The highest BCUT2D eigenvalue weighted by Crippen LogP contribution is 2.31. The molecule has 0 spiro atoms. The highest BCUT2D eigenvalue weighted by molar-refractivity contribution is 7.91. The molecule has 0 radical (unpaired) electrons. The maximum absolute atomic E-state index is 12.1. The summed E-state index contributed by atoms with van der Waals surface area (Å²) in [5.74, 6) is 1.87. The molecule has 33 heavy (non-hydrogen) atoms. The number of sulfone groups is 1. The fourth-order valence-electron chi connectivity index (χ4n) is 3.50. The van der Waals surface area contributed by atoms with Crippen molar-refractivity contribution in [3.63, 3.8) is 0 Å². The molecule has 1 N–H and O–H groups in total. The molecule has 166 valence electrons. The highest BCUT2D eigenvalue weighted by Gasteiger charge is 2.15. The number of fused-ring (bicyclic) bond motifs is 1. The predicted octanol–water partition coefficient (Wildman–Crippen LogP) is 4.46. The Bertz CT molecular complexity index is 1490. The van der Waals surface area contributed by atoms with Crippen LogP contribution >= 0.6 is 0 Å². The average Bonchev–Trinajstić information content (AvgIpc) is 3.50. The van der Waals surface area contributed by atoms with Crippen molar-refractivity contribution in [3.8, 4) is 23.0 Å². The molecule has 8 nitrogen and oxygen atoms in total. The first-order chi connectivity index (χ1) is 16.0. The molecular weight excluding hydrogens is 438 g/mol. The minimum Gasteiger partial charge on any atom is -0.457 e. The van der Waals surface area contributed by atoms with Crippen LogP contribution < -0.4 is 4.74 Å². The zero-order valence-electron chi connectivity index (χ0n) is 17.8. The Morgan fingerprint density at radius 2 is 1.88 bits per heavy atom. The van der Waals surface area contributed by atoms with E-state index in [1.807, 2.05) is 42.6 Å². The number of hydrogen-bond donors (Lipinski definition) is 1. The van der Waals surface area contributed by atoms with E-state index in [2.05, 4.69) is 20.1 Å². The second-order valence-corrected chi connectivity index (χ2v) is 9.74. The molecule has 0 atom stereocenters. The number of aromatic amines is 1. The number of nitrogens with zero attached hydrogens (tertiary/aromatic N) is 4. The Morgan fingerprint density at radius 1 is 1.03 bits per heavy atom. The third-order valence-electron chi connectivity index (χ3n) is 5.25. The Morgan fingerprint density at radius 3 is 2.58 bits per heavy atom. The fourth-order valence-corrected chi connectivity index (χ4v) is 4.39. The van der Waals surface area contributed by atoms with Crippen LogP contribution in [0.4, 0.5) is 0 Å². The van der Waals surface area contributed by atoms with E-state index in [1.165, 1.54) is 0 Å². The second-order valence-electron chi connectivity index (χ2n) is 7.46. The van der Waals surface area contributed by atoms with E-state index in [0.717, 1.165) is 22.3 Å². The molecule has 3 heterocycles. The number of hydrogen-bond acceptors (Lipinski definition) is 6. The van der Waals surface area contributed by atoms with E-state index >= 15 is 0 Å². The Labute approximate surface area is 190 Å². The molecule has 0 saturated carbocycles. The molecule has 2 aromatic carbocycles. The second kappa shape index (κ2) is 8.51. The van der Waals surface area contributed by atoms with Gasteiger partial charge in [-0.15, -0.1) is 0 Å². The van der Waals surface area contributed by atoms with Gasteiger partial charge in [-0.3, -0.25) is 9.67 Å². The van der Waals surface area contributed by atoms with Gasteiger partial charge in [-0.25, -0.2) is 13.4 Å². The van der Waals surface area contributed by atoms with E-state index < -0.39 is 9.84 Å². The normalized spacial score (nSPS) is 11.7. The molecule has 0 aliphatic carbocycles. The number of nitrogens with one attached hydrogen (secondary N) is 1. The first-order valence-electron chi connectivity index (χ1n) is 10.4. The Balaban J connectivity index is 1.54. The van der Waals surface area contributed by atoms with Crippen LogP contribution in [0.25, 0.3) is 22.6 Å². The van der Waals surface area contributed by atoms with Crippen molar-refractivity contribution >= 4 is 20.9 Å². The van der Waals surface area contributed by atoms with Crippen molar-refractivity contribution in [2.45, 2.75) is 18.4 Å². The van der Waals surface area contributed by atoms with E-state index in [1.54, 1.807) is 48.3 Å². The van der Waals surface area contributed by atoms with E-state index in [-0.39, 0.29) is 10.6 Å². The summed E-state index contributed by atoms with van der Waals surface area (Å²) in [4.78, 5) is 12.6. The van der Waals surface area contributed by atoms with Gasteiger partial charge in [-0.05, 0) is 48.5 Å². The molecule has 0 fully saturated rings. The lowest BCUT2D eigenvalue weighted by Crippen LogP contribution is -2.04. The van der Waals surface area contributed by atoms with Crippen molar-refractivity contribution in [3.05, 3.63) is 84.8 Å². The Kier molecular flexibility index (Phi) is 5.39. The van der Waals surface area contributed by atoms with Crippen LogP contribution in [0.5, 0.6) is 11.5 Å². The minimum atomic E-state index is -3.27. The number of H-pyrrole nitrogens is 1. The molecule has 9 heteroatoms. The van der Waals surface area contributed by atoms with E-state index in [0.29, 0.717) is 23.9 Å². The highest BCUT2D eigenvalue weighted by atomic mass is 32.2. The molecular formula is C24H21N5O3S. The molecule has 5 rings (SSSR count). The number of imidazole rings is 1. The summed E-state index contributed by atoms with van der Waals surface area (Å²) in [6.07, 6.45) is 5.33. The molecule has 0 aliphatic heterocycles. The summed E-state index contributed by atoms with van der Waals surface area (Å²) < 4.78 is 32.2. The van der Waals surface area contributed by atoms with Crippen LogP contribution in [0.1, 0.15) is 12.5 Å². The quantitative estimate of drug-likeness (QED) is 0.386. The van der Waals surface area contributed by atoms with Crippen molar-refractivity contribution < 1.29 is 13.2 Å². The molecule has 5 aromatic rings. The smallest absolute Gasteiger partial charge is 0.178 e. The summed E-state index contributed by atoms with van der Waals surface area (Å²) in [5.41, 5.74) is 3.24. The Hall–Kier alpha value is -3.98. The lowest BCUT2D eigenvalue weighted by molar-refractivity contribution is 0.472. The average molecular weight is 460 g/mol. The minimum absolute atomic E-state index is 0.0512. The molecule has 0 bridgehead atoms. The van der Waals surface area contributed by atoms with Gasteiger partial charge in [0.15, 0.2) is 15.7 Å². The predicted molar refractivity (Wildman–Crippen MR) is 125 cm³/mol. The van der Waals surface area contributed by atoms with Gasteiger partial charge < -0.3 is 9.72 Å². The van der Waals surface area contributed by atoms with Crippen LogP contribution in [0.3, 0.4) is 0 Å². The monoisotopic (exact) mass is 459 g/mol. The molecule has 0 saturated heterocycles. The first kappa shape index (κ1) is 20.9. The zero-order valence-corrected chi connectivity index (χ0v) is 18.7. The molecule has 0 unspecified atom stereocenters. The van der Waals surface area contributed by atoms with Crippen LogP contribution in [0.15, 0.2) is 84.1 Å². The number of rotatable bonds is 7. The van der Waals surface area contributed by atoms with E-state index in [9.17, 15) is 8.42 Å². The van der Waals surface area contributed by atoms with Gasteiger partial charge in [0.2, 0.25) is 0 Å². The number of ether oxygens (including phenoxy) is 1. The third kappa shape index (κ3) is 4.35. The van der Waals surface area contributed by atoms with Gasteiger partial charge in [0.1, 0.15) is 17.2 Å². The van der Waals surface area contributed by atoms with Crippen LogP contribution in [-0.4, -0.2) is 38.9 Å². The van der Waals surface area contributed by atoms with Gasteiger partial charge in [-0.2, -0.15) is 5.10 Å². The van der Waals surface area contributed by atoms with Gasteiger partial charge in [-0.1, -0.05) is 13.0 Å². The van der Waals surface area contributed by atoms with Gasteiger partial charge in [0, 0.05) is 30.2 Å². The summed E-state index contributed by atoms with van der Waals surface area (Å²) in [5, 5.41) is 4.30. The summed E-state index contributed by atoms with van der Waals surface area (Å²) in [7, 11) is -3.27. The molecule has 3 aromatic heterocycles. The summed E-state index contributed by atoms with van der Waals surface area (Å²) >= 11 is 0. The van der Waals surface area contributed by atoms with Crippen LogP contribution in [0.2, 0.25) is 0 Å². The largest absolute Gasteiger partial charge is 0.457 e. The lowest BCUT2D eigenvalue weighted by atomic mass is 10.1. The van der Waals surface area contributed by atoms with Gasteiger partial charge in [0.25, 0.3) is 0 Å². The standard InChI is InChI=1S/C24H21N5O3S/c1-2-33(30,31)19-9-7-18(8-10-19)32-23-15-22-21(14-17(23)16-29-13-5-12-26-29)27-24(28-22)20-6-3-4-11-25-20/h3-15H,2,16H2,1H3,(H,27,28). The van der Waals surface area contributed by atoms with Crippen molar-refractivity contribution in [2.75, 3.05) is 5.75 Å². The molecule has 0 aliphatic rings. The maximum Gasteiger partial charge on any atom is 0.178 e.